The molecule has 0 bridgehead atoms. The monoisotopic (exact) mass is 239 g/mol. The zero-order valence-electron chi connectivity index (χ0n) is 9.96. The van der Waals surface area contributed by atoms with Gasteiger partial charge in [-0.2, -0.15) is 13.2 Å². The molecule has 3 atom stereocenters. The highest BCUT2D eigenvalue weighted by molar-refractivity contribution is 4.92. The van der Waals surface area contributed by atoms with Gasteiger partial charge in [-0.25, -0.2) is 0 Å². The van der Waals surface area contributed by atoms with Gasteiger partial charge < -0.3 is 10.6 Å². The number of halogens is 3. The Bertz CT molecular complexity index is 230. The van der Waals surface area contributed by atoms with E-state index < -0.39 is 12.2 Å². The Morgan fingerprint density at radius 3 is 2.25 bits per heavy atom. The van der Waals surface area contributed by atoms with Gasteiger partial charge in [-0.05, 0) is 20.0 Å². The van der Waals surface area contributed by atoms with Crippen molar-refractivity contribution in [3.63, 3.8) is 0 Å². The Balaban J connectivity index is 2.70. The van der Waals surface area contributed by atoms with Crippen LogP contribution in [-0.4, -0.2) is 61.8 Å². The molecule has 2 N–H and O–H groups in total. The van der Waals surface area contributed by atoms with Gasteiger partial charge in [0.25, 0.3) is 0 Å². The van der Waals surface area contributed by atoms with Crippen LogP contribution in [0.15, 0.2) is 0 Å². The molecule has 0 amide bonds. The van der Waals surface area contributed by atoms with E-state index >= 15 is 0 Å². The Morgan fingerprint density at radius 2 is 1.94 bits per heavy atom. The summed E-state index contributed by atoms with van der Waals surface area (Å²) in [6.07, 6.45) is -4.23. The molecule has 16 heavy (non-hydrogen) atoms. The highest BCUT2D eigenvalue weighted by Gasteiger charge is 2.46. The van der Waals surface area contributed by atoms with Crippen molar-refractivity contribution in [2.45, 2.75) is 25.2 Å². The zero-order chi connectivity index (χ0) is 12.5. The molecule has 0 aromatic carbocycles. The van der Waals surface area contributed by atoms with Crippen molar-refractivity contribution in [3.8, 4) is 0 Å². The van der Waals surface area contributed by atoms with Crippen molar-refractivity contribution >= 4 is 0 Å². The van der Waals surface area contributed by atoms with Crippen LogP contribution in [0.2, 0.25) is 0 Å². The molecule has 6 heteroatoms. The standard InChI is InChI=1S/C10H20F3N3/c1-7-5-16(6-8(7)15(2)3)9(4-14)10(11,12)13/h7-9H,4-6,14H2,1-3H3. The highest BCUT2D eigenvalue weighted by Crippen LogP contribution is 2.29. The number of hydrogen-bond donors (Lipinski definition) is 1. The molecule has 1 aliphatic heterocycles. The van der Waals surface area contributed by atoms with Gasteiger partial charge in [-0.3, -0.25) is 4.90 Å². The molecule has 0 aliphatic carbocycles. The van der Waals surface area contributed by atoms with E-state index in [2.05, 4.69) is 0 Å². The third-order valence-electron chi connectivity index (χ3n) is 3.31. The fourth-order valence-electron chi connectivity index (χ4n) is 2.40. The number of hydrogen-bond acceptors (Lipinski definition) is 3. The fourth-order valence-corrected chi connectivity index (χ4v) is 2.40. The molecule has 0 aromatic rings. The lowest BCUT2D eigenvalue weighted by Crippen LogP contribution is -2.50. The molecule has 1 saturated heterocycles. The minimum atomic E-state index is -4.23. The summed E-state index contributed by atoms with van der Waals surface area (Å²) >= 11 is 0. The fraction of sp³-hybridized carbons (Fsp3) is 1.00. The maximum absolute atomic E-state index is 12.7. The van der Waals surface area contributed by atoms with Gasteiger partial charge in [0.15, 0.2) is 0 Å². The summed E-state index contributed by atoms with van der Waals surface area (Å²) in [7, 11) is 3.80. The summed E-state index contributed by atoms with van der Waals surface area (Å²) in [4.78, 5) is 3.43. The SMILES string of the molecule is CC1CN(C(CN)C(F)(F)F)CC1N(C)C. The zero-order valence-corrected chi connectivity index (χ0v) is 9.96. The van der Waals surface area contributed by atoms with E-state index in [-0.39, 0.29) is 18.5 Å². The third-order valence-corrected chi connectivity index (χ3v) is 3.31. The van der Waals surface area contributed by atoms with Crippen LogP contribution in [0.1, 0.15) is 6.92 Å². The van der Waals surface area contributed by atoms with E-state index in [1.165, 1.54) is 4.90 Å². The number of rotatable bonds is 3. The summed E-state index contributed by atoms with van der Waals surface area (Å²) in [5.41, 5.74) is 5.23. The molecule has 1 rings (SSSR count). The first-order valence-corrected chi connectivity index (χ1v) is 5.44. The second-order valence-electron chi connectivity index (χ2n) is 4.76. The lowest BCUT2D eigenvalue weighted by molar-refractivity contribution is -0.178. The van der Waals surface area contributed by atoms with E-state index in [0.717, 1.165) is 0 Å². The van der Waals surface area contributed by atoms with Gasteiger partial charge in [0.1, 0.15) is 6.04 Å². The molecule has 0 aromatic heterocycles. The maximum atomic E-state index is 12.7. The van der Waals surface area contributed by atoms with Crippen LogP contribution < -0.4 is 5.73 Å². The molecule has 1 fully saturated rings. The normalized spacial score (nSPS) is 30.0. The first-order chi connectivity index (χ1) is 7.27. The summed E-state index contributed by atoms with van der Waals surface area (Å²) in [6.45, 7) is 2.52. The lowest BCUT2D eigenvalue weighted by atomic mass is 10.1. The van der Waals surface area contributed by atoms with Crippen LogP contribution in [0.25, 0.3) is 0 Å². The van der Waals surface area contributed by atoms with Crippen molar-refractivity contribution in [1.29, 1.82) is 0 Å². The van der Waals surface area contributed by atoms with Crippen molar-refractivity contribution in [2.75, 3.05) is 33.7 Å². The third kappa shape index (κ3) is 2.87. The molecule has 3 nitrogen and oxygen atoms in total. The van der Waals surface area contributed by atoms with Gasteiger partial charge in [0.2, 0.25) is 0 Å². The van der Waals surface area contributed by atoms with E-state index in [1.54, 1.807) is 0 Å². The van der Waals surface area contributed by atoms with Gasteiger partial charge in [-0.1, -0.05) is 6.92 Å². The van der Waals surface area contributed by atoms with Crippen molar-refractivity contribution in [3.05, 3.63) is 0 Å². The number of nitrogens with two attached hydrogens (primary N) is 1. The summed E-state index contributed by atoms with van der Waals surface area (Å²) in [6, 6.07) is -1.32. The molecule has 0 spiro atoms. The highest BCUT2D eigenvalue weighted by atomic mass is 19.4. The van der Waals surface area contributed by atoms with Crippen LogP contribution >= 0.6 is 0 Å². The van der Waals surface area contributed by atoms with E-state index in [0.29, 0.717) is 13.1 Å². The smallest absolute Gasteiger partial charge is 0.329 e. The molecular weight excluding hydrogens is 219 g/mol. The van der Waals surface area contributed by atoms with E-state index in [9.17, 15) is 13.2 Å². The van der Waals surface area contributed by atoms with Gasteiger partial charge in [0.05, 0.1) is 0 Å². The van der Waals surface area contributed by atoms with Crippen LogP contribution in [0, 0.1) is 5.92 Å². The Morgan fingerprint density at radius 1 is 1.38 bits per heavy atom. The van der Waals surface area contributed by atoms with Crippen molar-refractivity contribution < 1.29 is 13.2 Å². The quantitative estimate of drug-likeness (QED) is 0.789. The Labute approximate surface area is 94.4 Å². The molecule has 1 heterocycles. The van der Waals surface area contributed by atoms with Crippen LogP contribution in [0.4, 0.5) is 13.2 Å². The average molecular weight is 239 g/mol. The average Bonchev–Trinajstić information content (AvgIpc) is 2.45. The van der Waals surface area contributed by atoms with E-state index in [4.69, 9.17) is 5.73 Å². The number of nitrogens with zero attached hydrogens (tertiary/aromatic N) is 2. The minimum absolute atomic E-state index is 0.177. The second-order valence-corrected chi connectivity index (χ2v) is 4.76. The topological polar surface area (TPSA) is 32.5 Å². The number of likely N-dealkylation sites (N-methyl/N-ethyl adjacent to an activating group) is 1. The number of alkyl halides is 3. The van der Waals surface area contributed by atoms with Crippen molar-refractivity contribution in [1.82, 2.24) is 9.80 Å². The number of likely N-dealkylation sites (tertiary alicyclic amines) is 1. The Kier molecular flexibility index (Phi) is 4.20. The van der Waals surface area contributed by atoms with E-state index in [1.807, 2.05) is 25.9 Å². The lowest BCUT2D eigenvalue weighted by Gasteiger charge is -2.29. The molecule has 96 valence electrons. The molecule has 0 radical (unpaired) electrons. The van der Waals surface area contributed by atoms with Crippen LogP contribution in [0.3, 0.4) is 0 Å². The first-order valence-electron chi connectivity index (χ1n) is 5.44. The van der Waals surface area contributed by atoms with Crippen LogP contribution in [0.5, 0.6) is 0 Å². The van der Waals surface area contributed by atoms with Crippen LogP contribution in [-0.2, 0) is 0 Å². The molecular formula is C10H20F3N3. The maximum Gasteiger partial charge on any atom is 0.405 e. The molecule has 3 unspecified atom stereocenters. The summed E-state index contributed by atoms with van der Waals surface area (Å²) in [5, 5.41) is 0. The van der Waals surface area contributed by atoms with Gasteiger partial charge >= 0.3 is 6.18 Å². The predicted octanol–water partition coefficient (Wildman–Crippen LogP) is 0.758. The van der Waals surface area contributed by atoms with Gasteiger partial charge in [-0.15, -0.1) is 0 Å². The van der Waals surface area contributed by atoms with Crippen molar-refractivity contribution in [2.24, 2.45) is 11.7 Å². The molecule has 0 saturated carbocycles. The molecule has 1 aliphatic rings. The predicted molar refractivity (Wildman–Crippen MR) is 57.1 cm³/mol. The second kappa shape index (κ2) is 4.89. The Hall–Kier alpha value is -0.330. The minimum Gasteiger partial charge on any atom is -0.329 e. The largest absolute Gasteiger partial charge is 0.405 e. The summed E-state index contributed by atoms with van der Waals surface area (Å²) < 4.78 is 38.1. The summed E-state index contributed by atoms with van der Waals surface area (Å²) in [5.74, 6) is 0.242. The first kappa shape index (κ1) is 13.7. The van der Waals surface area contributed by atoms with Gasteiger partial charge in [0, 0.05) is 25.7 Å².